The molecule has 5 atom stereocenters. The highest BCUT2D eigenvalue weighted by Gasteiger charge is 2.49. The Morgan fingerprint density at radius 3 is 2.72 bits per heavy atom. The van der Waals surface area contributed by atoms with E-state index in [0.29, 0.717) is 25.9 Å². The average Bonchev–Trinajstić information content (AvgIpc) is 2.66. The predicted molar refractivity (Wildman–Crippen MR) is 62.8 cm³/mol. The second kappa shape index (κ2) is 5.52. The Morgan fingerprint density at radius 2 is 2.06 bits per heavy atom. The molecule has 18 heavy (non-hydrogen) atoms. The van der Waals surface area contributed by atoms with Gasteiger partial charge in [-0.2, -0.15) is 0 Å². The van der Waals surface area contributed by atoms with Crippen LogP contribution in [0.15, 0.2) is 0 Å². The summed E-state index contributed by atoms with van der Waals surface area (Å²) in [5.74, 6) is -0.415. The van der Waals surface area contributed by atoms with Crippen molar-refractivity contribution in [3.8, 4) is 0 Å². The Bertz CT molecular complexity index is 311. The van der Waals surface area contributed by atoms with Crippen LogP contribution in [0, 0.1) is 0 Å². The molecule has 2 aliphatic rings. The number of ether oxygens (including phenoxy) is 1. The molecule has 3 N–H and O–H groups in total. The van der Waals surface area contributed by atoms with Crippen molar-refractivity contribution in [3.63, 3.8) is 0 Å². The Balaban J connectivity index is 2.03. The van der Waals surface area contributed by atoms with Gasteiger partial charge in [0.2, 0.25) is 0 Å². The van der Waals surface area contributed by atoms with Gasteiger partial charge in [-0.25, -0.2) is 0 Å². The van der Waals surface area contributed by atoms with Crippen molar-refractivity contribution < 1.29 is 24.9 Å². The maximum atomic E-state index is 11.5. The van der Waals surface area contributed by atoms with E-state index in [1.807, 2.05) is 11.8 Å². The number of hydrogen-bond acceptors (Lipinski definition) is 6. The number of fused-ring (bicyclic) bond motifs is 1. The third kappa shape index (κ3) is 2.51. The Kier molecular flexibility index (Phi) is 4.21. The quantitative estimate of drug-likeness (QED) is 0.556. The maximum Gasteiger partial charge on any atom is 0.306 e. The highest BCUT2D eigenvalue weighted by molar-refractivity contribution is 5.69. The zero-order valence-corrected chi connectivity index (χ0v) is 10.5. The number of aliphatic hydroxyl groups excluding tert-OH is 3. The van der Waals surface area contributed by atoms with Crippen molar-refractivity contribution in [2.75, 3.05) is 13.1 Å². The first-order valence-corrected chi connectivity index (χ1v) is 6.52. The smallest absolute Gasteiger partial charge is 0.306 e. The summed E-state index contributed by atoms with van der Waals surface area (Å²) in [6, 6.07) is -0.437. The minimum absolute atomic E-state index is 0.271. The summed E-state index contributed by atoms with van der Waals surface area (Å²) in [5, 5.41) is 29.9. The molecule has 0 bridgehead atoms. The van der Waals surface area contributed by atoms with Crippen molar-refractivity contribution in [1.29, 1.82) is 0 Å². The molecule has 2 aliphatic heterocycles. The number of nitrogens with zero attached hydrogens (tertiary/aromatic N) is 1. The van der Waals surface area contributed by atoms with E-state index in [9.17, 15) is 20.1 Å². The molecule has 0 aliphatic carbocycles. The number of rotatable bonds is 3. The Morgan fingerprint density at radius 1 is 1.33 bits per heavy atom. The SMILES string of the molecule is CCCC(=O)OC1C(O)CN2CC[C@H](O)C2C1O. The van der Waals surface area contributed by atoms with Gasteiger partial charge in [0.05, 0.1) is 12.1 Å². The van der Waals surface area contributed by atoms with Crippen LogP contribution in [0.5, 0.6) is 0 Å². The molecule has 0 radical (unpaired) electrons. The lowest BCUT2D eigenvalue weighted by atomic mass is 9.93. The largest absolute Gasteiger partial charge is 0.457 e. The summed E-state index contributed by atoms with van der Waals surface area (Å²) in [5.41, 5.74) is 0. The van der Waals surface area contributed by atoms with Gasteiger partial charge in [-0.3, -0.25) is 9.69 Å². The van der Waals surface area contributed by atoms with Crippen LogP contribution in [0.3, 0.4) is 0 Å². The number of carbonyl (C=O) groups excluding carboxylic acids is 1. The van der Waals surface area contributed by atoms with Gasteiger partial charge in [-0.05, 0) is 12.8 Å². The van der Waals surface area contributed by atoms with Gasteiger partial charge < -0.3 is 20.1 Å². The van der Waals surface area contributed by atoms with Crippen LogP contribution < -0.4 is 0 Å². The summed E-state index contributed by atoms with van der Waals surface area (Å²) in [6.45, 7) is 2.83. The molecule has 2 fully saturated rings. The summed E-state index contributed by atoms with van der Waals surface area (Å²) >= 11 is 0. The van der Waals surface area contributed by atoms with Gasteiger partial charge in [0.25, 0.3) is 0 Å². The molecule has 6 heteroatoms. The molecule has 0 saturated carbocycles. The number of hydrogen-bond donors (Lipinski definition) is 3. The lowest BCUT2D eigenvalue weighted by Gasteiger charge is -2.42. The third-order valence-electron chi connectivity index (χ3n) is 3.74. The summed E-state index contributed by atoms with van der Waals surface area (Å²) < 4.78 is 5.14. The first-order valence-electron chi connectivity index (χ1n) is 6.52. The highest BCUT2D eigenvalue weighted by atomic mass is 16.6. The van der Waals surface area contributed by atoms with E-state index in [4.69, 9.17) is 4.74 Å². The second-order valence-corrected chi connectivity index (χ2v) is 5.10. The molecular formula is C12H21NO5. The molecule has 0 amide bonds. The van der Waals surface area contributed by atoms with Crippen molar-refractivity contribution in [2.45, 2.75) is 56.6 Å². The molecule has 2 saturated heterocycles. The number of carbonyl (C=O) groups is 1. The number of aliphatic hydroxyl groups is 3. The standard InChI is InChI=1S/C12H21NO5/c1-2-3-9(16)18-12-8(15)6-13-5-4-7(14)10(13)11(12)17/h7-8,10-12,14-15,17H,2-6H2,1H3/t7-,8?,10?,11?,12?/m0/s1. The lowest BCUT2D eigenvalue weighted by molar-refractivity contribution is -0.184. The highest BCUT2D eigenvalue weighted by Crippen LogP contribution is 2.29. The zero-order chi connectivity index (χ0) is 13.3. The van der Waals surface area contributed by atoms with Crippen molar-refractivity contribution in [3.05, 3.63) is 0 Å². The van der Waals surface area contributed by atoms with E-state index in [1.165, 1.54) is 0 Å². The number of piperidine rings is 1. The van der Waals surface area contributed by atoms with E-state index in [-0.39, 0.29) is 6.42 Å². The van der Waals surface area contributed by atoms with E-state index >= 15 is 0 Å². The molecule has 0 aromatic heterocycles. The zero-order valence-electron chi connectivity index (χ0n) is 10.5. The second-order valence-electron chi connectivity index (χ2n) is 5.10. The fraction of sp³-hybridized carbons (Fsp3) is 0.917. The Labute approximate surface area is 106 Å². The van der Waals surface area contributed by atoms with Crippen LogP contribution in [0.25, 0.3) is 0 Å². The van der Waals surface area contributed by atoms with Crippen LogP contribution in [0.1, 0.15) is 26.2 Å². The van der Waals surface area contributed by atoms with Crippen LogP contribution >= 0.6 is 0 Å². The van der Waals surface area contributed by atoms with Gasteiger partial charge in [0.1, 0.15) is 12.2 Å². The summed E-state index contributed by atoms with van der Waals surface area (Å²) in [7, 11) is 0. The summed E-state index contributed by atoms with van der Waals surface area (Å²) in [6.07, 6.45) is -1.99. The van der Waals surface area contributed by atoms with E-state index < -0.39 is 36.4 Å². The molecule has 0 aromatic rings. The van der Waals surface area contributed by atoms with Gasteiger partial charge in [0, 0.05) is 19.5 Å². The van der Waals surface area contributed by atoms with Crippen molar-refractivity contribution >= 4 is 5.97 Å². The van der Waals surface area contributed by atoms with E-state index in [1.54, 1.807) is 0 Å². The first kappa shape index (κ1) is 13.7. The van der Waals surface area contributed by atoms with Crippen LogP contribution in [0.4, 0.5) is 0 Å². The van der Waals surface area contributed by atoms with Crippen LogP contribution in [-0.4, -0.2) is 69.7 Å². The number of esters is 1. The minimum Gasteiger partial charge on any atom is -0.457 e. The molecule has 0 aromatic carbocycles. The fourth-order valence-corrected chi connectivity index (χ4v) is 2.85. The molecule has 2 rings (SSSR count). The molecule has 4 unspecified atom stereocenters. The first-order chi connectivity index (χ1) is 8.54. The molecule has 0 spiro atoms. The summed E-state index contributed by atoms with van der Waals surface area (Å²) in [4.78, 5) is 13.3. The molecule has 104 valence electrons. The maximum absolute atomic E-state index is 11.5. The fourth-order valence-electron chi connectivity index (χ4n) is 2.85. The molecular weight excluding hydrogens is 238 g/mol. The Hall–Kier alpha value is -0.690. The van der Waals surface area contributed by atoms with Gasteiger partial charge in [-0.15, -0.1) is 0 Å². The predicted octanol–water partition coefficient (Wildman–Crippen LogP) is -1.13. The van der Waals surface area contributed by atoms with Gasteiger partial charge >= 0.3 is 5.97 Å². The normalized spacial score (nSPS) is 40.6. The topological polar surface area (TPSA) is 90.2 Å². The van der Waals surface area contributed by atoms with E-state index in [0.717, 1.165) is 0 Å². The van der Waals surface area contributed by atoms with Crippen molar-refractivity contribution in [1.82, 2.24) is 4.90 Å². The van der Waals surface area contributed by atoms with Gasteiger partial charge in [0.15, 0.2) is 6.10 Å². The lowest BCUT2D eigenvalue weighted by Crippen LogP contribution is -2.62. The molecule has 6 nitrogen and oxygen atoms in total. The van der Waals surface area contributed by atoms with Crippen LogP contribution in [-0.2, 0) is 9.53 Å². The average molecular weight is 259 g/mol. The third-order valence-corrected chi connectivity index (χ3v) is 3.74. The van der Waals surface area contributed by atoms with Crippen LogP contribution in [0.2, 0.25) is 0 Å². The monoisotopic (exact) mass is 259 g/mol. The molecule has 2 heterocycles. The van der Waals surface area contributed by atoms with E-state index in [2.05, 4.69) is 0 Å². The van der Waals surface area contributed by atoms with Crippen molar-refractivity contribution in [2.24, 2.45) is 0 Å². The minimum atomic E-state index is -1.04. The van der Waals surface area contributed by atoms with Gasteiger partial charge in [-0.1, -0.05) is 6.92 Å².